The minimum absolute atomic E-state index is 0.212. The number of ether oxygens (including phenoxy) is 1. The van der Waals surface area contributed by atoms with Crippen molar-refractivity contribution in [3.63, 3.8) is 0 Å². The first-order valence-corrected chi connectivity index (χ1v) is 11.1. The summed E-state index contributed by atoms with van der Waals surface area (Å²) >= 11 is 1.47. The van der Waals surface area contributed by atoms with Gasteiger partial charge < -0.3 is 14.5 Å². The number of benzene rings is 1. The first-order valence-electron chi connectivity index (χ1n) is 10.3. The third kappa shape index (κ3) is 3.92. The molecule has 0 spiro atoms. The van der Waals surface area contributed by atoms with E-state index in [2.05, 4.69) is 12.2 Å². The zero-order valence-corrected chi connectivity index (χ0v) is 18.3. The van der Waals surface area contributed by atoms with Crippen molar-refractivity contribution in [3.8, 4) is 11.3 Å². The van der Waals surface area contributed by atoms with Crippen LogP contribution in [-0.4, -0.2) is 18.5 Å². The van der Waals surface area contributed by atoms with Gasteiger partial charge in [-0.1, -0.05) is 12.1 Å². The lowest BCUT2D eigenvalue weighted by Gasteiger charge is -2.12. The van der Waals surface area contributed by atoms with Crippen LogP contribution in [0.15, 0.2) is 34.7 Å². The van der Waals surface area contributed by atoms with Gasteiger partial charge in [0.2, 0.25) is 0 Å². The van der Waals surface area contributed by atoms with E-state index in [-0.39, 0.29) is 17.6 Å². The van der Waals surface area contributed by atoms with Gasteiger partial charge in [-0.3, -0.25) is 4.79 Å². The second kappa shape index (κ2) is 8.48. The molecule has 5 nitrogen and oxygen atoms in total. The third-order valence-corrected chi connectivity index (χ3v) is 6.71. The van der Waals surface area contributed by atoms with Gasteiger partial charge in [-0.05, 0) is 81.3 Å². The van der Waals surface area contributed by atoms with E-state index >= 15 is 0 Å². The summed E-state index contributed by atoms with van der Waals surface area (Å²) in [5.41, 5.74) is 4.83. The van der Waals surface area contributed by atoms with E-state index in [4.69, 9.17) is 9.15 Å². The second-order valence-corrected chi connectivity index (χ2v) is 8.66. The van der Waals surface area contributed by atoms with Gasteiger partial charge in [-0.2, -0.15) is 0 Å². The molecule has 0 aliphatic heterocycles. The molecule has 1 amide bonds. The zero-order chi connectivity index (χ0) is 21.3. The molecule has 4 rings (SSSR count). The first kappa shape index (κ1) is 20.4. The van der Waals surface area contributed by atoms with Crippen LogP contribution in [0.3, 0.4) is 0 Å². The molecule has 2 heterocycles. The summed E-state index contributed by atoms with van der Waals surface area (Å²) < 4.78 is 11.1. The van der Waals surface area contributed by atoms with Crippen LogP contribution in [0.1, 0.15) is 62.2 Å². The largest absolute Gasteiger partial charge is 0.462 e. The van der Waals surface area contributed by atoms with Crippen molar-refractivity contribution in [1.29, 1.82) is 0 Å². The summed E-state index contributed by atoms with van der Waals surface area (Å²) in [6.45, 7) is 6.19. The van der Waals surface area contributed by atoms with Crippen LogP contribution in [0.4, 0.5) is 5.00 Å². The van der Waals surface area contributed by atoms with Gasteiger partial charge in [0.25, 0.3) is 5.91 Å². The van der Waals surface area contributed by atoms with Gasteiger partial charge in [0.1, 0.15) is 10.8 Å². The molecule has 1 N–H and O–H groups in total. The van der Waals surface area contributed by atoms with E-state index in [9.17, 15) is 9.59 Å². The maximum Gasteiger partial charge on any atom is 0.341 e. The summed E-state index contributed by atoms with van der Waals surface area (Å²) in [6.07, 6.45) is 3.91. The molecule has 1 aromatic carbocycles. The second-order valence-electron chi connectivity index (χ2n) is 7.55. The minimum atomic E-state index is -0.373. The van der Waals surface area contributed by atoms with Crippen molar-refractivity contribution in [1.82, 2.24) is 0 Å². The Morgan fingerprint density at radius 1 is 1.10 bits per heavy atom. The molecule has 1 aliphatic rings. The first-order chi connectivity index (χ1) is 14.5. The van der Waals surface area contributed by atoms with Crippen molar-refractivity contribution in [2.24, 2.45) is 0 Å². The van der Waals surface area contributed by atoms with Gasteiger partial charge >= 0.3 is 5.97 Å². The highest BCUT2D eigenvalue weighted by atomic mass is 32.1. The number of fused-ring (bicyclic) bond motifs is 1. The van der Waals surface area contributed by atoms with E-state index in [0.29, 0.717) is 22.9 Å². The van der Waals surface area contributed by atoms with Crippen LogP contribution in [0.2, 0.25) is 0 Å². The summed E-state index contributed by atoms with van der Waals surface area (Å²) in [5.74, 6) is 0.112. The third-order valence-electron chi connectivity index (χ3n) is 5.50. The predicted molar refractivity (Wildman–Crippen MR) is 118 cm³/mol. The molecule has 156 valence electrons. The van der Waals surface area contributed by atoms with Crippen LogP contribution in [0.25, 0.3) is 11.3 Å². The molecule has 0 saturated heterocycles. The topological polar surface area (TPSA) is 68.5 Å². The molecule has 0 radical (unpaired) electrons. The minimum Gasteiger partial charge on any atom is -0.462 e. The molecule has 0 bridgehead atoms. The molecule has 2 aromatic heterocycles. The average Bonchev–Trinajstić information content (AvgIpc) is 3.35. The number of thiophene rings is 1. The number of nitrogens with one attached hydrogen (secondary N) is 1. The molecule has 1 aliphatic carbocycles. The summed E-state index contributed by atoms with van der Waals surface area (Å²) in [4.78, 5) is 26.6. The molecule has 0 atom stereocenters. The number of esters is 1. The fourth-order valence-corrected chi connectivity index (χ4v) is 5.02. The summed E-state index contributed by atoms with van der Waals surface area (Å²) in [6, 6.07) is 9.52. The Balaban J connectivity index is 1.60. The average molecular weight is 424 g/mol. The van der Waals surface area contributed by atoms with Gasteiger partial charge in [-0.15, -0.1) is 11.3 Å². The molecule has 0 saturated carbocycles. The number of rotatable bonds is 5. The van der Waals surface area contributed by atoms with E-state index in [0.717, 1.165) is 47.3 Å². The molecule has 0 unspecified atom stereocenters. The van der Waals surface area contributed by atoms with Gasteiger partial charge in [0.05, 0.1) is 12.2 Å². The van der Waals surface area contributed by atoms with Gasteiger partial charge in [0.15, 0.2) is 5.76 Å². The molecule has 3 aromatic rings. The molecule has 6 heteroatoms. The van der Waals surface area contributed by atoms with Crippen molar-refractivity contribution >= 4 is 28.2 Å². The Bertz CT molecular complexity index is 1110. The molecular weight excluding hydrogens is 398 g/mol. The number of anilines is 1. The Hall–Kier alpha value is -2.86. The van der Waals surface area contributed by atoms with Crippen LogP contribution >= 0.6 is 11.3 Å². The molecular formula is C24H25NO4S. The lowest BCUT2D eigenvalue weighted by Crippen LogP contribution is -2.15. The van der Waals surface area contributed by atoms with E-state index < -0.39 is 0 Å². The van der Waals surface area contributed by atoms with Crippen LogP contribution < -0.4 is 5.32 Å². The molecule has 0 fully saturated rings. The Kier molecular flexibility index (Phi) is 5.77. The van der Waals surface area contributed by atoms with E-state index in [1.807, 2.05) is 25.1 Å². The van der Waals surface area contributed by atoms with Crippen molar-refractivity contribution in [2.75, 3.05) is 11.9 Å². The number of furan rings is 1. The quantitative estimate of drug-likeness (QED) is 0.516. The number of hydrogen-bond donors (Lipinski definition) is 1. The predicted octanol–water partition coefficient (Wildman–Crippen LogP) is 5.93. The smallest absolute Gasteiger partial charge is 0.341 e. The summed E-state index contributed by atoms with van der Waals surface area (Å²) in [7, 11) is 0. The highest BCUT2D eigenvalue weighted by Gasteiger charge is 2.28. The van der Waals surface area contributed by atoms with Gasteiger partial charge in [0, 0.05) is 10.4 Å². The number of hydrogen-bond acceptors (Lipinski definition) is 5. The monoisotopic (exact) mass is 423 g/mol. The van der Waals surface area contributed by atoms with Crippen LogP contribution in [0.5, 0.6) is 0 Å². The number of carbonyl (C=O) groups is 2. The highest BCUT2D eigenvalue weighted by molar-refractivity contribution is 7.17. The highest BCUT2D eigenvalue weighted by Crippen LogP contribution is 2.39. The normalized spacial score (nSPS) is 13.0. The lowest BCUT2D eigenvalue weighted by molar-refractivity contribution is 0.0526. The Morgan fingerprint density at radius 3 is 2.67 bits per heavy atom. The van der Waals surface area contributed by atoms with Crippen molar-refractivity contribution < 1.29 is 18.7 Å². The van der Waals surface area contributed by atoms with Gasteiger partial charge in [-0.25, -0.2) is 4.79 Å². The molecule has 30 heavy (non-hydrogen) atoms. The maximum absolute atomic E-state index is 12.9. The fourth-order valence-electron chi connectivity index (χ4n) is 3.75. The zero-order valence-electron chi connectivity index (χ0n) is 17.5. The Labute approximate surface area is 180 Å². The maximum atomic E-state index is 12.9. The van der Waals surface area contributed by atoms with E-state index in [1.54, 1.807) is 19.1 Å². The number of carbonyl (C=O) groups excluding carboxylic acids is 2. The van der Waals surface area contributed by atoms with Crippen LogP contribution in [0, 0.1) is 13.8 Å². The van der Waals surface area contributed by atoms with Crippen molar-refractivity contribution in [3.05, 3.63) is 63.2 Å². The fraction of sp³-hybridized carbons (Fsp3) is 0.333. The Morgan fingerprint density at radius 2 is 1.90 bits per heavy atom. The standard InChI is InChI=1S/C24H25NO4S/c1-4-28-24(27)21-17-7-5-6-8-20(17)30-23(21)25-22(26)19-12-11-18(29-19)16-10-9-14(2)15(3)13-16/h9-13H,4-8H2,1-3H3,(H,25,26). The number of aryl methyl sites for hydroxylation is 3. The number of amides is 1. The van der Waals surface area contributed by atoms with Crippen molar-refractivity contribution in [2.45, 2.75) is 46.5 Å². The lowest BCUT2D eigenvalue weighted by atomic mass is 9.95. The SMILES string of the molecule is CCOC(=O)c1c(NC(=O)c2ccc(-c3ccc(C)c(C)c3)o2)sc2c1CCCC2. The van der Waals surface area contributed by atoms with Crippen LogP contribution in [-0.2, 0) is 17.6 Å². The summed E-state index contributed by atoms with van der Waals surface area (Å²) in [5, 5.41) is 3.44. The van der Waals surface area contributed by atoms with E-state index in [1.165, 1.54) is 16.9 Å².